The topological polar surface area (TPSA) is 50.4 Å². The predicted molar refractivity (Wildman–Crippen MR) is 135 cm³/mol. The Morgan fingerprint density at radius 1 is 1.12 bits per heavy atom. The van der Waals surface area contributed by atoms with Gasteiger partial charge >= 0.3 is 5.97 Å². The second-order valence-electron chi connectivity index (χ2n) is 10.2. The minimum absolute atomic E-state index is 0.326. The van der Waals surface area contributed by atoms with Crippen molar-refractivity contribution in [1.29, 1.82) is 0 Å². The van der Waals surface area contributed by atoms with Gasteiger partial charge in [0, 0.05) is 16.5 Å². The van der Waals surface area contributed by atoms with E-state index in [1.807, 2.05) is 37.3 Å². The van der Waals surface area contributed by atoms with Crippen molar-refractivity contribution in [2.75, 3.05) is 12.4 Å². The van der Waals surface area contributed by atoms with E-state index in [1.165, 1.54) is 45.6 Å². The van der Waals surface area contributed by atoms with Gasteiger partial charge in [0.05, 0.1) is 7.11 Å². The van der Waals surface area contributed by atoms with Gasteiger partial charge in [-0.15, -0.1) is 11.3 Å². The Kier molecular flexibility index (Phi) is 5.79. The molecule has 1 atom stereocenters. The number of hydrogen-bond acceptors (Lipinski definition) is 4. The highest BCUT2D eigenvalue weighted by molar-refractivity contribution is 7.80. The Morgan fingerprint density at radius 2 is 1.72 bits per heavy atom. The maximum atomic E-state index is 12.8. The number of nitrogens with one attached hydrogen (secondary N) is 2. The van der Waals surface area contributed by atoms with Gasteiger partial charge in [0.2, 0.25) is 0 Å². The first kappa shape index (κ1) is 21.9. The maximum Gasteiger partial charge on any atom is 0.341 e. The zero-order chi connectivity index (χ0) is 22.5. The summed E-state index contributed by atoms with van der Waals surface area (Å²) in [7, 11) is 1.43. The van der Waals surface area contributed by atoms with Gasteiger partial charge in [-0.1, -0.05) is 30.3 Å². The van der Waals surface area contributed by atoms with Gasteiger partial charge in [-0.3, -0.25) is 0 Å². The summed E-state index contributed by atoms with van der Waals surface area (Å²) in [5.74, 6) is 2.39. The molecule has 2 aromatic rings. The van der Waals surface area contributed by atoms with Gasteiger partial charge in [-0.25, -0.2) is 4.79 Å². The molecule has 1 heterocycles. The number of ether oxygens (including phenoxy) is 1. The molecule has 170 valence electrons. The molecule has 0 amide bonds. The van der Waals surface area contributed by atoms with Crippen LogP contribution in [0.15, 0.2) is 30.3 Å². The van der Waals surface area contributed by atoms with E-state index in [2.05, 4.69) is 17.6 Å². The third-order valence-electron chi connectivity index (χ3n) is 8.12. The Bertz CT molecular complexity index is 995. The van der Waals surface area contributed by atoms with Crippen molar-refractivity contribution in [3.8, 4) is 11.1 Å². The highest BCUT2D eigenvalue weighted by Crippen LogP contribution is 2.61. The lowest BCUT2D eigenvalue weighted by atomic mass is 9.48. The summed E-state index contributed by atoms with van der Waals surface area (Å²) < 4.78 is 5.14. The van der Waals surface area contributed by atoms with Gasteiger partial charge in [0.25, 0.3) is 0 Å². The number of anilines is 1. The normalized spacial score (nSPS) is 28.9. The van der Waals surface area contributed by atoms with Crippen LogP contribution in [0.4, 0.5) is 5.00 Å². The summed E-state index contributed by atoms with van der Waals surface area (Å²) >= 11 is 7.31. The highest BCUT2D eigenvalue weighted by Gasteiger charge is 2.53. The van der Waals surface area contributed by atoms with E-state index in [9.17, 15) is 4.79 Å². The Balaban J connectivity index is 1.36. The molecule has 0 saturated heterocycles. The number of carbonyl (C=O) groups excluding carboxylic acids is 1. The zero-order valence-electron chi connectivity index (χ0n) is 19.1. The number of methoxy groups -OCH3 is 1. The van der Waals surface area contributed by atoms with Gasteiger partial charge in [-0.2, -0.15) is 0 Å². The second kappa shape index (κ2) is 8.45. The second-order valence-corrected chi connectivity index (χ2v) is 11.8. The van der Waals surface area contributed by atoms with Crippen molar-refractivity contribution in [3.63, 3.8) is 0 Å². The van der Waals surface area contributed by atoms with E-state index >= 15 is 0 Å². The van der Waals surface area contributed by atoms with Gasteiger partial charge < -0.3 is 15.4 Å². The quantitative estimate of drug-likeness (QED) is 0.393. The molecule has 1 aromatic carbocycles. The van der Waals surface area contributed by atoms with E-state index in [-0.39, 0.29) is 5.97 Å². The van der Waals surface area contributed by atoms with Crippen LogP contribution in [-0.2, 0) is 4.74 Å². The third kappa shape index (κ3) is 3.86. The van der Waals surface area contributed by atoms with Crippen LogP contribution in [0.25, 0.3) is 11.1 Å². The first-order valence-corrected chi connectivity index (χ1v) is 13.0. The number of aryl methyl sites for hydroxylation is 1. The number of esters is 1. The SMILES string of the molecule is COC(=O)c1c(NC(=S)NC(C)C23CC4CC(CC(C4)C2)C3)sc(C)c1-c1ccccc1. The van der Waals surface area contributed by atoms with Crippen molar-refractivity contribution in [3.05, 3.63) is 40.8 Å². The molecule has 4 saturated carbocycles. The molecule has 1 unspecified atom stereocenters. The van der Waals surface area contributed by atoms with Crippen LogP contribution in [-0.4, -0.2) is 24.2 Å². The highest BCUT2D eigenvalue weighted by atomic mass is 32.1. The molecule has 0 radical (unpaired) electrons. The number of rotatable bonds is 5. The summed E-state index contributed by atoms with van der Waals surface area (Å²) in [6.45, 7) is 4.34. The van der Waals surface area contributed by atoms with Crippen molar-refractivity contribution in [2.24, 2.45) is 23.2 Å². The Morgan fingerprint density at radius 3 is 2.28 bits per heavy atom. The minimum atomic E-state index is -0.340. The molecule has 1 aromatic heterocycles. The Hall–Kier alpha value is -1.92. The van der Waals surface area contributed by atoms with Crippen LogP contribution in [0.5, 0.6) is 0 Å². The fraction of sp³-hybridized carbons (Fsp3) is 0.538. The number of benzene rings is 1. The first-order chi connectivity index (χ1) is 15.4. The van der Waals surface area contributed by atoms with Crippen LogP contribution in [0.2, 0.25) is 0 Å². The summed E-state index contributed by atoms with van der Waals surface area (Å²) in [5.41, 5.74) is 2.86. The molecule has 2 N–H and O–H groups in total. The molecule has 4 fully saturated rings. The molecule has 0 spiro atoms. The maximum absolute atomic E-state index is 12.8. The molecule has 6 rings (SSSR count). The summed E-state index contributed by atoms with van der Waals surface area (Å²) in [6, 6.07) is 10.3. The largest absolute Gasteiger partial charge is 0.465 e. The van der Waals surface area contributed by atoms with E-state index in [0.717, 1.165) is 38.8 Å². The molecule has 4 bridgehead atoms. The predicted octanol–water partition coefficient (Wildman–Crippen LogP) is 6.40. The van der Waals surface area contributed by atoms with Gasteiger partial charge in [0.15, 0.2) is 5.11 Å². The fourth-order valence-corrected chi connectivity index (χ4v) is 8.49. The fourth-order valence-electron chi connectivity index (χ4n) is 7.08. The van der Waals surface area contributed by atoms with E-state index in [0.29, 0.717) is 22.1 Å². The van der Waals surface area contributed by atoms with E-state index in [4.69, 9.17) is 17.0 Å². The smallest absolute Gasteiger partial charge is 0.341 e. The lowest BCUT2D eigenvalue weighted by molar-refractivity contribution is -0.0671. The van der Waals surface area contributed by atoms with Crippen LogP contribution >= 0.6 is 23.6 Å². The molecule has 4 aliphatic carbocycles. The molecular weight excluding hydrogens is 436 g/mol. The molecular formula is C26H32N2O2S2. The molecule has 4 aliphatic rings. The van der Waals surface area contributed by atoms with Crippen LogP contribution in [0, 0.1) is 30.1 Å². The lowest BCUT2D eigenvalue weighted by Crippen LogP contribution is -2.56. The summed E-state index contributed by atoms with van der Waals surface area (Å²) in [5, 5.41) is 8.32. The minimum Gasteiger partial charge on any atom is -0.465 e. The number of carbonyl (C=O) groups is 1. The van der Waals surface area contributed by atoms with Crippen molar-refractivity contribution >= 4 is 39.6 Å². The average Bonchev–Trinajstić information content (AvgIpc) is 3.08. The summed E-state index contributed by atoms with van der Waals surface area (Å²) in [4.78, 5) is 13.8. The van der Waals surface area contributed by atoms with Gasteiger partial charge in [0.1, 0.15) is 10.6 Å². The monoisotopic (exact) mass is 468 g/mol. The number of hydrogen-bond donors (Lipinski definition) is 2. The number of thiophene rings is 1. The molecule has 0 aliphatic heterocycles. The zero-order valence-corrected chi connectivity index (χ0v) is 20.7. The van der Waals surface area contributed by atoms with Crippen LogP contribution < -0.4 is 10.6 Å². The lowest BCUT2D eigenvalue weighted by Gasteiger charge is -2.59. The van der Waals surface area contributed by atoms with Crippen LogP contribution in [0.1, 0.15) is 60.7 Å². The van der Waals surface area contributed by atoms with Crippen molar-refractivity contribution in [1.82, 2.24) is 5.32 Å². The standard InChI is InChI=1S/C26H32N2O2S2/c1-15-21(20-7-5-4-6-8-20)22(24(29)30-3)23(32-15)28-25(31)27-16(2)26-12-17-9-18(13-26)11-19(10-17)14-26/h4-8,16-19H,9-14H2,1-3H3,(H2,27,28,31). The number of thiocarbonyl (C=S) groups is 1. The molecule has 6 heteroatoms. The molecule has 4 nitrogen and oxygen atoms in total. The Labute approximate surface area is 200 Å². The molecule has 32 heavy (non-hydrogen) atoms. The van der Waals surface area contributed by atoms with Crippen LogP contribution in [0.3, 0.4) is 0 Å². The first-order valence-electron chi connectivity index (χ1n) is 11.7. The van der Waals surface area contributed by atoms with E-state index in [1.54, 1.807) is 11.3 Å². The summed E-state index contributed by atoms with van der Waals surface area (Å²) in [6.07, 6.45) is 8.31. The van der Waals surface area contributed by atoms with Crippen molar-refractivity contribution in [2.45, 2.75) is 58.4 Å². The van der Waals surface area contributed by atoms with Crippen molar-refractivity contribution < 1.29 is 9.53 Å². The van der Waals surface area contributed by atoms with Gasteiger partial charge in [-0.05, 0) is 93.3 Å². The average molecular weight is 469 g/mol. The third-order valence-corrected chi connectivity index (χ3v) is 9.36. The van der Waals surface area contributed by atoms with E-state index < -0.39 is 0 Å².